The van der Waals surface area contributed by atoms with Gasteiger partial charge in [0.2, 0.25) is 0 Å². The molecule has 1 atom stereocenters. The minimum atomic E-state index is -1.44. The zero-order chi connectivity index (χ0) is 16.9. The van der Waals surface area contributed by atoms with Crippen molar-refractivity contribution in [3.8, 4) is 0 Å². The number of benzene rings is 2. The number of hydrogen-bond donors (Lipinski definition) is 0. The lowest BCUT2D eigenvalue weighted by atomic mass is 9.83. The first-order chi connectivity index (χ1) is 10.7. The smallest absolute Gasteiger partial charge is 0.262 e. The van der Waals surface area contributed by atoms with Crippen LogP contribution in [0.1, 0.15) is 41.5 Å². The second-order valence-electron chi connectivity index (χ2n) is 6.78. The number of hydrogen-bond acceptors (Lipinski definition) is 4. The Morgan fingerprint density at radius 3 is 1.87 bits per heavy atom. The number of nitrogens with zero attached hydrogens (tertiary/aromatic N) is 1. The Morgan fingerprint density at radius 2 is 1.48 bits per heavy atom. The number of carboxylic acids is 1. The lowest BCUT2D eigenvalue weighted by molar-refractivity contribution is -0.313. The van der Waals surface area contributed by atoms with Crippen molar-refractivity contribution in [2.75, 3.05) is 0 Å². The molecule has 5 heteroatoms. The topological polar surface area (TPSA) is 77.5 Å². The minimum Gasteiger partial charge on any atom is -0.548 e. The van der Waals surface area contributed by atoms with Gasteiger partial charge in [0.05, 0.1) is 12.0 Å². The molecule has 1 heterocycles. The van der Waals surface area contributed by atoms with Crippen LogP contribution in [0.3, 0.4) is 0 Å². The van der Waals surface area contributed by atoms with Crippen LogP contribution in [0.15, 0.2) is 36.4 Å². The van der Waals surface area contributed by atoms with E-state index in [1.165, 1.54) is 0 Å². The fraction of sp³-hybridized carbons (Fsp3) is 0.278. The molecule has 0 N–H and O–H groups in total. The maximum absolute atomic E-state index is 12.8. The molecule has 1 aliphatic heterocycles. The van der Waals surface area contributed by atoms with Gasteiger partial charge in [0.25, 0.3) is 11.8 Å². The zero-order valence-electron chi connectivity index (χ0n) is 13.1. The van der Waals surface area contributed by atoms with Crippen LogP contribution >= 0.6 is 0 Å². The zero-order valence-corrected chi connectivity index (χ0v) is 13.1. The minimum absolute atomic E-state index is 0.341. The van der Waals surface area contributed by atoms with Gasteiger partial charge in [-0.1, -0.05) is 45.0 Å². The second kappa shape index (κ2) is 4.91. The van der Waals surface area contributed by atoms with Crippen molar-refractivity contribution in [2.24, 2.45) is 5.41 Å². The summed E-state index contributed by atoms with van der Waals surface area (Å²) in [6.45, 7) is 4.99. The number of rotatable bonds is 2. The Labute approximate surface area is 133 Å². The first kappa shape index (κ1) is 15.2. The standard InChI is InChI=1S/C18H17NO4/c1-18(2,3)14(17(22)23)19-15(20)11-8-4-6-10-7-5-9-12(13(10)11)16(19)21/h4-9,14H,1-3H3,(H,22,23)/p-1/t14-/m1/s1. The van der Waals surface area contributed by atoms with E-state index in [0.29, 0.717) is 16.5 Å². The van der Waals surface area contributed by atoms with E-state index in [1.807, 2.05) is 12.1 Å². The van der Waals surface area contributed by atoms with Crippen LogP contribution in [-0.4, -0.2) is 28.7 Å². The number of amides is 2. The number of carbonyl (C=O) groups excluding carboxylic acids is 3. The van der Waals surface area contributed by atoms with Crippen molar-refractivity contribution >= 4 is 28.6 Å². The summed E-state index contributed by atoms with van der Waals surface area (Å²) in [5.41, 5.74) is -0.161. The van der Waals surface area contributed by atoms with Crippen molar-refractivity contribution in [1.82, 2.24) is 4.90 Å². The van der Waals surface area contributed by atoms with Gasteiger partial charge in [0, 0.05) is 16.5 Å². The maximum Gasteiger partial charge on any atom is 0.262 e. The number of imide groups is 1. The molecule has 0 aliphatic carbocycles. The first-order valence-corrected chi connectivity index (χ1v) is 7.34. The third-order valence-electron chi connectivity index (χ3n) is 4.10. The van der Waals surface area contributed by atoms with Crippen LogP contribution in [0, 0.1) is 5.41 Å². The maximum atomic E-state index is 12.8. The highest BCUT2D eigenvalue weighted by molar-refractivity contribution is 6.26. The predicted octanol–water partition coefficient (Wildman–Crippen LogP) is 1.60. The fourth-order valence-electron chi connectivity index (χ4n) is 3.13. The van der Waals surface area contributed by atoms with Gasteiger partial charge in [-0.3, -0.25) is 14.5 Å². The Morgan fingerprint density at radius 1 is 1.00 bits per heavy atom. The van der Waals surface area contributed by atoms with Crippen molar-refractivity contribution in [3.63, 3.8) is 0 Å². The average molecular weight is 310 g/mol. The molecular formula is C18H16NO4-. The predicted molar refractivity (Wildman–Crippen MR) is 82.7 cm³/mol. The molecule has 2 aromatic carbocycles. The molecule has 0 spiro atoms. The number of carbonyl (C=O) groups is 3. The van der Waals surface area contributed by atoms with Crippen molar-refractivity contribution < 1.29 is 19.5 Å². The summed E-state index contributed by atoms with van der Waals surface area (Å²) in [6, 6.07) is 8.96. The highest BCUT2D eigenvalue weighted by atomic mass is 16.4. The third kappa shape index (κ3) is 2.20. The van der Waals surface area contributed by atoms with Crippen LogP contribution < -0.4 is 5.11 Å². The van der Waals surface area contributed by atoms with E-state index in [2.05, 4.69) is 0 Å². The van der Waals surface area contributed by atoms with Crippen LogP contribution in [0.4, 0.5) is 0 Å². The highest BCUT2D eigenvalue weighted by Gasteiger charge is 2.42. The Hall–Kier alpha value is -2.69. The molecule has 0 fully saturated rings. The quantitative estimate of drug-likeness (QED) is 0.789. The Bertz CT molecular complexity index is 797. The van der Waals surface area contributed by atoms with Crippen LogP contribution in [-0.2, 0) is 4.79 Å². The van der Waals surface area contributed by atoms with Crippen molar-refractivity contribution in [2.45, 2.75) is 26.8 Å². The molecule has 23 heavy (non-hydrogen) atoms. The molecule has 118 valence electrons. The van der Waals surface area contributed by atoms with Crippen LogP contribution in [0.5, 0.6) is 0 Å². The van der Waals surface area contributed by atoms with E-state index in [0.717, 1.165) is 10.3 Å². The van der Waals surface area contributed by atoms with E-state index in [4.69, 9.17) is 0 Å². The second-order valence-corrected chi connectivity index (χ2v) is 6.78. The molecule has 2 amide bonds. The van der Waals surface area contributed by atoms with Crippen LogP contribution in [0.25, 0.3) is 10.8 Å². The lowest BCUT2D eigenvalue weighted by Crippen LogP contribution is -2.59. The summed E-state index contributed by atoms with van der Waals surface area (Å²) >= 11 is 0. The molecule has 0 aromatic heterocycles. The van der Waals surface area contributed by atoms with Gasteiger partial charge in [-0.2, -0.15) is 0 Å². The molecule has 0 bridgehead atoms. The summed E-state index contributed by atoms with van der Waals surface area (Å²) in [4.78, 5) is 38.1. The molecule has 0 saturated heterocycles. The summed E-state index contributed by atoms with van der Waals surface area (Å²) < 4.78 is 0. The molecule has 0 saturated carbocycles. The van der Waals surface area contributed by atoms with Crippen molar-refractivity contribution in [1.29, 1.82) is 0 Å². The summed E-state index contributed by atoms with van der Waals surface area (Å²) in [5, 5.41) is 13.0. The summed E-state index contributed by atoms with van der Waals surface area (Å²) in [5.74, 6) is -2.63. The normalized spacial score (nSPS) is 15.9. The Balaban J connectivity index is 2.27. The number of aliphatic carboxylic acids is 1. The summed E-state index contributed by atoms with van der Waals surface area (Å²) in [6.07, 6.45) is 0. The van der Waals surface area contributed by atoms with Gasteiger partial charge < -0.3 is 9.90 Å². The molecule has 0 unspecified atom stereocenters. The monoisotopic (exact) mass is 310 g/mol. The largest absolute Gasteiger partial charge is 0.548 e. The first-order valence-electron chi connectivity index (χ1n) is 7.34. The fourth-order valence-corrected chi connectivity index (χ4v) is 3.13. The molecule has 5 nitrogen and oxygen atoms in total. The molecule has 0 radical (unpaired) electrons. The van der Waals surface area contributed by atoms with E-state index in [-0.39, 0.29) is 0 Å². The van der Waals surface area contributed by atoms with Gasteiger partial charge in [-0.15, -0.1) is 0 Å². The highest BCUT2D eigenvalue weighted by Crippen LogP contribution is 2.34. The lowest BCUT2D eigenvalue weighted by Gasteiger charge is -2.41. The Kier molecular flexibility index (Phi) is 3.25. The van der Waals surface area contributed by atoms with Gasteiger partial charge in [0.1, 0.15) is 0 Å². The molecule has 2 aromatic rings. The van der Waals surface area contributed by atoms with Gasteiger partial charge in [-0.25, -0.2) is 0 Å². The van der Waals surface area contributed by atoms with E-state index in [9.17, 15) is 19.5 Å². The molecule has 3 rings (SSSR count). The van der Waals surface area contributed by atoms with E-state index >= 15 is 0 Å². The van der Waals surface area contributed by atoms with E-state index < -0.39 is 29.2 Å². The summed E-state index contributed by atoms with van der Waals surface area (Å²) in [7, 11) is 0. The third-order valence-corrected chi connectivity index (χ3v) is 4.10. The molecular weight excluding hydrogens is 294 g/mol. The SMILES string of the molecule is CC(C)(C)[C@@H](C(=O)[O-])N1C(=O)c2cccc3cccc(c23)C1=O. The van der Waals surface area contributed by atoms with E-state index in [1.54, 1.807) is 45.0 Å². The van der Waals surface area contributed by atoms with Crippen molar-refractivity contribution in [3.05, 3.63) is 47.5 Å². The van der Waals surface area contributed by atoms with Crippen LogP contribution in [0.2, 0.25) is 0 Å². The van der Waals surface area contributed by atoms with Gasteiger partial charge in [0.15, 0.2) is 0 Å². The number of carboxylic acid groups (broad SMARTS) is 1. The average Bonchev–Trinajstić information content (AvgIpc) is 2.47. The molecule has 1 aliphatic rings. The van der Waals surface area contributed by atoms with Gasteiger partial charge in [-0.05, 0) is 22.9 Å². The van der Waals surface area contributed by atoms with Gasteiger partial charge >= 0.3 is 0 Å².